The van der Waals surface area contributed by atoms with Crippen LogP contribution in [0.5, 0.6) is 0 Å². The minimum absolute atomic E-state index is 0.0523. The third-order valence-electron chi connectivity index (χ3n) is 4.37. The van der Waals surface area contributed by atoms with Crippen LogP contribution in [0.25, 0.3) is 0 Å². The van der Waals surface area contributed by atoms with Crippen LogP contribution in [-0.2, 0) is 24.2 Å². The van der Waals surface area contributed by atoms with Gasteiger partial charge in [-0.2, -0.15) is 5.10 Å². The molecule has 0 aliphatic heterocycles. The molecule has 108 valence electrons. The quantitative estimate of drug-likeness (QED) is 0.893. The predicted molar refractivity (Wildman–Crippen MR) is 75.5 cm³/mol. The minimum Gasteiger partial charge on any atom is -0.354 e. The van der Waals surface area contributed by atoms with Crippen LogP contribution < -0.4 is 10.9 Å². The molecule has 5 heteroatoms. The van der Waals surface area contributed by atoms with Gasteiger partial charge in [0.1, 0.15) is 0 Å². The summed E-state index contributed by atoms with van der Waals surface area (Å²) in [4.78, 5) is 23.7. The van der Waals surface area contributed by atoms with Crippen molar-refractivity contribution in [2.45, 2.75) is 51.5 Å². The maximum atomic E-state index is 12.0. The van der Waals surface area contributed by atoms with Gasteiger partial charge in [0, 0.05) is 18.5 Å². The fourth-order valence-electron chi connectivity index (χ4n) is 2.86. The number of amides is 1. The average molecular weight is 275 g/mol. The molecule has 0 unspecified atom stereocenters. The highest BCUT2D eigenvalue weighted by Crippen LogP contribution is 2.26. The number of nitrogens with zero attached hydrogens (tertiary/aromatic N) is 2. The summed E-state index contributed by atoms with van der Waals surface area (Å²) in [5.74, 6) is 0.325. The van der Waals surface area contributed by atoms with Gasteiger partial charge in [0.25, 0.3) is 5.56 Å². The van der Waals surface area contributed by atoms with Crippen LogP contribution in [0, 0.1) is 5.92 Å². The second-order valence-electron chi connectivity index (χ2n) is 5.80. The molecule has 5 nitrogen and oxygen atoms in total. The standard InChI is InChI=1S/C15H21N3O2/c19-14-10-12-4-1-2-7-13(12)17-18(14)9-8-16-15(20)11-5-3-6-11/h10-11H,1-9H2,(H,16,20). The first-order valence-corrected chi connectivity index (χ1v) is 7.61. The topological polar surface area (TPSA) is 64.0 Å². The number of carbonyl (C=O) groups is 1. The van der Waals surface area contributed by atoms with Gasteiger partial charge in [-0.25, -0.2) is 4.68 Å². The first kappa shape index (κ1) is 13.3. The molecule has 1 fully saturated rings. The van der Waals surface area contributed by atoms with Gasteiger partial charge < -0.3 is 5.32 Å². The minimum atomic E-state index is -0.0523. The second kappa shape index (κ2) is 5.77. The average Bonchev–Trinajstić information content (AvgIpc) is 2.37. The van der Waals surface area contributed by atoms with Crippen molar-refractivity contribution in [3.8, 4) is 0 Å². The van der Waals surface area contributed by atoms with Crippen molar-refractivity contribution in [3.05, 3.63) is 27.7 Å². The summed E-state index contributed by atoms with van der Waals surface area (Å²) in [5.41, 5.74) is 2.11. The van der Waals surface area contributed by atoms with Crippen molar-refractivity contribution in [2.75, 3.05) is 6.54 Å². The SMILES string of the molecule is O=C(NCCn1nc2c(cc1=O)CCCC2)C1CCC1. The highest BCUT2D eigenvalue weighted by molar-refractivity contribution is 5.79. The molecule has 2 aliphatic rings. The largest absolute Gasteiger partial charge is 0.354 e. The lowest BCUT2D eigenvalue weighted by Gasteiger charge is -2.24. The van der Waals surface area contributed by atoms with Gasteiger partial charge in [-0.1, -0.05) is 6.42 Å². The molecule has 0 bridgehead atoms. The Morgan fingerprint density at radius 3 is 2.85 bits per heavy atom. The van der Waals surface area contributed by atoms with Crippen molar-refractivity contribution in [1.29, 1.82) is 0 Å². The highest BCUT2D eigenvalue weighted by Gasteiger charge is 2.24. The number of fused-ring (bicyclic) bond motifs is 1. The fourth-order valence-corrected chi connectivity index (χ4v) is 2.86. The Kier molecular flexibility index (Phi) is 3.85. The molecule has 1 N–H and O–H groups in total. The molecule has 0 saturated heterocycles. The second-order valence-corrected chi connectivity index (χ2v) is 5.80. The van der Waals surface area contributed by atoms with Gasteiger partial charge in [0.2, 0.25) is 5.91 Å². The summed E-state index contributed by atoms with van der Waals surface area (Å²) in [5, 5.41) is 7.34. The van der Waals surface area contributed by atoms with Gasteiger partial charge in [0.05, 0.1) is 12.2 Å². The smallest absolute Gasteiger partial charge is 0.267 e. The molecular formula is C15H21N3O2. The maximum absolute atomic E-state index is 12.0. The summed E-state index contributed by atoms with van der Waals surface area (Å²) >= 11 is 0. The molecule has 3 rings (SSSR count). The van der Waals surface area contributed by atoms with Crippen LogP contribution >= 0.6 is 0 Å². The number of aromatic nitrogens is 2. The zero-order valence-corrected chi connectivity index (χ0v) is 11.7. The summed E-state index contributed by atoms with van der Waals surface area (Å²) in [6.45, 7) is 0.950. The Balaban J connectivity index is 1.59. The van der Waals surface area contributed by atoms with Crippen LogP contribution in [0.15, 0.2) is 10.9 Å². The monoisotopic (exact) mass is 275 g/mol. The Morgan fingerprint density at radius 2 is 2.10 bits per heavy atom. The Bertz CT molecular complexity index is 561. The van der Waals surface area contributed by atoms with Crippen LogP contribution in [0.3, 0.4) is 0 Å². The zero-order valence-electron chi connectivity index (χ0n) is 11.7. The fraction of sp³-hybridized carbons (Fsp3) is 0.667. The Hall–Kier alpha value is -1.65. The van der Waals surface area contributed by atoms with E-state index < -0.39 is 0 Å². The van der Waals surface area contributed by atoms with E-state index in [2.05, 4.69) is 10.4 Å². The number of hydrogen-bond acceptors (Lipinski definition) is 3. The molecule has 1 amide bonds. The van der Waals surface area contributed by atoms with E-state index in [1.54, 1.807) is 6.07 Å². The summed E-state index contributed by atoms with van der Waals surface area (Å²) in [7, 11) is 0. The van der Waals surface area contributed by atoms with E-state index in [0.29, 0.717) is 13.1 Å². The van der Waals surface area contributed by atoms with E-state index in [9.17, 15) is 9.59 Å². The number of nitrogens with one attached hydrogen (secondary N) is 1. The van der Waals surface area contributed by atoms with E-state index in [0.717, 1.165) is 56.2 Å². The van der Waals surface area contributed by atoms with E-state index >= 15 is 0 Å². The molecule has 0 aromatic carbocycles. The van der Waals surface area contributed by atoms with Crippen molar-refractivity contribution in [3.63, 3.8) is 0 Å². The third-order valence-corrected chi connectivity index (χ3v) is 4.37. The molecule has 2 aliphatic carbocycles. The van der Waals surface area contributed by atoms with Gasteiger partial charge in [-0.3, -0.25) is 9.59 Å². The number of aryl methyl sites for hydroxylation is 2. The highest BCUT2D eigenvalue weighted by atomic mass is 16.2. The van der Waals surface area contributed by atoms with Gasteiger partial charge in [-0.15, -0.1) is 0 Å². The van der Waals surface area contributed by atoms with Crippen molar-refractivity contribution in [2.24, 2.45) is 5.92 Å². The van der Waals surface area contributed by atoms with Crippen LogP contribution in [-0.4, -0.2) is 22.2 Å². The molecule has 0 spiro atoms. The van der Waals surface area contributed by atoms with Crippen LogP contribution in [0.1, 0.15) is 43.4 Å². The summed E-state index contributed by atoms with van der Waals surface area (Å²) < 4.78 is 1.49. The first-order chi connectivity index (χ1) is 9.74. The lowest BCUT2D eigenvalue weighted by molar-refractivity contribution is -0.127. The van der Waals surface area contributed by atoms with E-state index in [1.165, 1.54) is 4.68 Å². The summed E-state index contributed by atoms with van der Waals surface area (Å²) in [6.07, 6.45) is 7.39. The molecule has 1 heterocycles. The molecule has 20 heavy (non-hydrogen) atoms. The van der Waals surface area contributed by atoms with Crippen LogP contribution in [0.4, 0.5) is 0 Å². The van der Waals surface area contributed by atoms with Crippen molar-refractivity contribution in [1.82, 2.24) is 15.1 Å². The first-order valence-electron chi connectivity index (χ1n) is 7.61. The number of rotatable bonds is 4. The van der Waals surface area contributed by atoms with Gasteiger partial charge in [0.15, 0.2) is 0 Å². The number of hydrogen-bond donors (Lipinski definition) is 1. The van der Waals surface area contributed by atoms with Crippen molar-refractivity contribution >= 4 is 5.91 Å². The predicted octanol–water partition coefficient (Wildman–Crippen LogP) is 1.04. The number of carbonyl (C=O) groups excluding carboxylic acids is 1. The molecule has 0 radical (unpaired) electrons. The lowest BCUT2D eigenvalue weighted by atomic mass is 9.85. The molecule has 0 atom stereocenters. The van der Waals surface area contributed by atoms with E-state index in [-0.39, 0.29) is 17.4 Å². The molecular weight excluding hydrogens is 254 g/mol. The molecule has 1 aromatic heterocycles. The zero-order chi connectivity index (χ0) is 13.9. The normalized spacial score (nSPS) is 18.2. The lowest BCUT2D eigenvalue weighted by Crippen LogP contribution is -2.38. The van der Waals surface area contributed by atoms with Crippen LogP contribution in [0.2, 0.25) is 0 Å². The van der Waals surface area contributed by atoms with E-state index in [1.807, 2.05) is 0 Å². The van der Waals surface area contributed by atoms with Crippen molar-refractivity contribution < 1.29 is 4.79 Å². The summed E-state index contributed by atoms with van der Waals surface area (Å²) in [6, 6.07) is 1.72. The third kappa shape index (κ3) is 2.76. The van der Waals surface area contributed by atoms with Gasteiger partial charge in [-0.05, 0) is 44.1 Å². The maximum Gasteiger partial charge on any atom is 0.267 e. The van der Waals surface area contributed by atoms with Gasteiger partial charge >= 0.3 is 0 Å². The Labute approximate surface area is 118 Å². The van der Waals surface area contributed by atoms with E-state index in [4.69, 9.17) is 0 Å². The molecule has 1 aromatic rings. The Morgan fingerprint density at radius 1 is 1.30 bits per heavy atom. The molecule has 1 saturated carbocycles.